The van der Waals surface area contributed by atoms with Crippen LogP contribution >= 0.6 is 11.6 Å². The molecule has 1 unspecified atom stereocenters. The lowest BCUT2D eigenvalue weighted by Crippen LogP contribution is -2.43. The molecule has 0 bridgehead atoms. The summed E-state index contributed by atoms with van der Waals surface area (Å²) < 4.78 is 36.7. The summed E-state index contributed by atoms with van der Waals surface area (Å²) >= 11 is 5.88. The molecule has 8 heteroatoms. The molecule has 1 amide bonds. The van der Waals surface area contributed by atoms with Crippen LogP contribution in [-0.4, -0.2) is 49.9 Å². The van der Waals surface area contributed by atoms with E-state index in [0.29, 0.717) is 13.0 Å². The summed E-state index contributed by atoms with van der Waals surface area (Å²) in [5, 5.41) is 2.89. The van der Waals surface area contributed by atoms with Crippen LogP contribution in [-0.2, 0) is 14.6 Å². The van der Waals surface area contributed by atoms with Crippen molar-refractivity contribution in [3.8, 4) is 0 Å². The van der Waals surface area contributed by atoms with Crippen molar-refractivity contribution in [2.75, 3.05) is 29.9 Å². The molecule has 1 heterocycles. The van der Waals surface area contributed by atoms with Crippen molar-refractivity contribution >= 4 is 33.0 Å². The van der Waals surface area contributed by atoms with Crippen LogP contribution in [0, 0.1) is 5.82 Å². The number of nitrogens with zero attached hydrogens (tertiary/aromatic N) is 1. The quantitative estimate of drug-likeness (QED) is 0.883. The van der Waals surface area contributed by atoms with Crippen LogP contribution in [0.15, 0.2) is 18.2 Å². The Morgan fingerprint density at radius 2 is 2.23 bits per heavy atom. The molecule has 0 aliphatic carbocycles. The van der Waals surface area contributed by atoms with Gasteiger partial charge in [0.25, 0.3) is 0 Å². The van der Waals surface area contributed by atoms with E-state index < -0.39 is 15.7 Å². The Kier molecular flexibility index (Phi) is 5.28. The molecule has 1 fully saturated rings. The smallest absolute Gasteiger partial charge is 0.242 e. The van der Waals surface area contributed by atoms with E-state index in [4.69, 9.17) is 11.6 Å². The molecule has 122 valence electrons. The first-order valence-electron chi connectivity index (χ1n) is 7.02. The molecule has 22 heavy (non-hydrogen) atoms. The lowest BCUT2D eigenvalue weighted by molar-refractivity contribution is -0.130. The maximum atomic E-state index is 13.6. The van der Waals surface area contributed by atoms with Gasteiger partial charge in [0.05, 0.1) is 28.8 Å². The number of carbonyl (C=O) groups excluding carboxylic acids is 1. The fourth-order valence-corrected chi connectivity index (χ4v) is 4.55. The lowest BCUT2D eigenvalue weighted by atomic mass is 10.2. The van der Waals surface area contributed by atoms with E-state index in [1.54, 1.807) is 6.92 Å². The van der Waals surface area contributed by atoms with E-state index in [-0.39, 0.29) is 40.7 Å². The number of hydrogen-bond acceptors (Lipinski definition) is 4. The van der Waals surface area contributed by atoms with Gasteiger partial charge in [-0.3, -0.25) is 4.79 Å². The number of anilines is 1. The molecule has 1 atom stereocenters. The van der Waals surface area contributed by atoms with Crippen molar-refractivity contribution in [2.24, 2.45) is 0 Å². The van der Waals surface area contributed by atoms with E-state index in [2.05, 4.69) is 5.32 Å². The number of para-hydroxylation sites is 1. The van der Waals surface area contributed by atoms with Crippen molar-refractivity contribution < 1.29 is 17.6 Å². The molecule has 1 N–H and O–H groups in total. The van der Waals surface area contributed by atoms with Gasteiger partial charge in [0.2, 0.25) is 5.91 Å². The number of halogens is 2. The minimum Gasteiger partial charge on any atom is -0.373 e. The molecule has 0 aromatic heterocycles. The zero-order valence-electron chi connectivity index (χ0n) is 12.2. The monoisotopic (exact) mass is 348 g/mol. The molecule has 1 aromatic carbocycles. The van der Waals surface area contributed by atoms with Crippen molar-refractivity contribution in [1.29, 1.82) is 0 Å². The second-order valence-electron chi connectivity index (χ2n) is 5.19. The summed E-state index contributed by atoms with van der Waals surface area (Å²) in [6.07, 6.45) is 0.447. The average Bonchev–Trinajstić information content (AvgIpc) is 2.79. The second kappa shape index (κ2) is 6.83. The number of likely N-dealkylation sites (N-methyl/N-ethyl adjacent to an activating group) is 1. The van der Waals surface area contributed by atoms with Gasteiger partial charge in [-0.1, -0.05) is 17.7 Å². The third-order valence-corrected chi connectivity index (χ3v) is 5.75. The Bertz CT molecular complexity index is 646. The lowest BCUT2D eigenvalue weighted by Gasteiger charge is -2.27. The van der Waals surface area contributed by atoms with Gasteiger partial charge in [0, 0.05) is 12.6 Å². The van der Waals surface area contributed by atoms with E-state index >= 15 is 0 Å². The maximum absolute atomic E-state index is 13.6. The molecule has 2 rings (SSSR count). The van der Waals surface area contributed by atoms with Gasteiger partial charge in [-0.2, -0.15) is 0 Å². The predicted octanol–water partition coefficient (Wildman–Crippen LogP) is 1.93. The van der Waals surface area contributed by atoms with Gasteiger partial charge in [-0.25, -0.2) is 12.8 Å². The Hall–Kier alpha value is -1.34. The standard InChI is InChI=1S/C14H18ClFN2O3S/c1-2-18(10-6-7-22(20,21)9-10)13(19)8-17-14-11(15)4-3-5-12(14)16/h3-5,10,17H,2,6-9H2,1H3. The summed E-state index contributed by atoms with van der Waals surface area (Å²) in [7, 11) is -3.06. The van der Waals surface area contributed by atoms with Gasteiger partial charge in [-0.05, 0) is 25.5 Å². The molecule has 0 radical (unpaired) electrons. The van der Waals surface area contributed by atoms with Gasteiger partial charge in [0.15, 0.2) is 9.84 Å². The highest BCUT2D eigenvalue weighted by atomic mass is 35.5. The summed E-state index contributed by atoms with van der Waals surface area (Å²) in [4.78, 5) is 13.8. The Labute approximate surface area is 134 Å². The Morgan fingerprint density at radius 1 is 1.50 bits per heavy atom. The van der Waals surface area contributed by atoms with E-state index in [1.807, 2.05) is 0 Å². The van der Waals surface area contributed by atoms with E-state index in [9.17, 15) is 17.6 Å². The summed E-state index contributed by atoms with van der Waals surface area (Å²) in [5.41, 5.74) is 0.0765. The first-order chi connectivity index (χ1) is 10.3. The minimum absolute atomic E-state index is 0.00691. The van der Waals surface area contributed by atoms with Crippen LogP contribution < -0.4 is 5.32 Å². The van der Waals surface area contributed by atoms with Crippen LogP contribution in [0.2, 0.25) is 5.02 Å². The summed E-state index contributed by atoms with van der Waals surface area (Å²) in [5.74, 6) is -0.711. The highest BCUT2D eigenvalue weighted by Crippen LogP contribution is 2.24. The highest BCUT2D eigenvalue weighted by molar-refractivity contribution is 7.91. The molecule has 1 aliphatic rings. The molecule has 1 aromatic rings. The van der Waals surface area contributed by atoms with Crippen molar-refractivity contribution in [3.63, 3.8) is 0 Å². The first kappa shape index (κ1) is 17.0. The summed E-state index contributed by atoms with van der Waals surface area (Å²) in [6.45, 7) is 2.07. The van der Waals surface area contributed by atoms with Crippen LogP contribution in [0.25, 0.3) is 0 Å². The average molecular weight is 349 g/mol. The predicted molar refractivity (Wildman–Crippen MR) is 84.3 cm³/mol. The number of sulfone groups is 1. The maximum Gasteiger partial charge on any atom is 0.242 e. The number of nitrogens with one attached hydrogen (secondary N) is 1. The van der Waals surface area contributed by atoms with Crippen molar-refractivity contribution in [2.45, 2.75) is 19.4 Å². The molecule has 5 nitrogen and oxygen atoms in total. The number of hydrogen-bond donors (Lipinski definition) is 1. The SMILES string of the molecule is CCN(C(=O)CNc1c(F)cccc1Cl)C1CCS(=O)(=O)C1. The molecular weight excluding hydrogens is 331 g/mol. The fourth-order valence-electron chi connectivity index (χ4n) is 2.59. The minimum atomic E-state index is -3.06. The Balaban J connectivity index is 2.01. The molecule has 1 saturated heterocycles. The third kappa shape index (κ3) is 3.89. The van der Waals surface area contributed by atoms with Gasteiger partial charge in [0.1, 0.15) is 5.82 Å². The van der Waals surface area contributed by atoms with Crippen LogP contribution in [0.3, 0.4) is 0 Å². The summed E-state index contributed by atoms with van der Waals surface area (Å²) in [6, 6.07) is 3.95. The van der Waals surface area contributed by atoms with Crippen LogP contribution in [0.1, 0.15) is 13.3 Å². The second-order valence-corrected chi connectivity index (χ2v) is 7.82. The van der Waals surface area contributed by atoms with E-state index in [1.165, 1.54) is 23.1 Å². The molecule has 0 spiro atoms. The Morgan fingerprint density at radius 3 is 2.77 bits per heavy atom. The normalized spacial score (nSPS) is 19.9. The van der Waals surface area contributed by atoms with Gasteiger partial charge in [-0.15, -0.1) is 0 Å². The first-order valence-corrected chi connectivity index (χ1v) is 9.21. The van der Waals surface area contributed by atoms with Crippen molar-refractivity contribution in [3.05, 3.63) is 29.0 Å². The number of benzene rings is 1. The topological polar surface area (TPSA) is 66.5 Å². The molecule has 1 aliphatic heterocycles. The van der Waals surface area contributed by atoms with Gasteiger partial charge < -0.3 is 10.2 Å². The fraction of sp³-hybridized carbons (Fsp3) is 0.500. The third-order valence-electron chi connectivity index (χ3n) is 3.69. The highest BCUT2D eigenvalue weighted by Gasteiger charge is 2.33. The number of amides is 1. The zero-order chi connectivity index (χ0) is 16.3. The largest absolute Gasteiger partial charge is 0.373 e. The zero-order valence-corrected chi connectivity index (χ0v) is 13.8. The molecular formula is C14H18ClFN2O3S. The number of rotatable bonds is 5. The number of carbonyl (C=O) groups is 1. The van der Waals surface area contributed by atoms with Crippen LogP contribution in [0.5, 0.6) is 0 Å². The molecule has 0 saturated carbocycles. The van der Waals surface area contributed by atoms with Gasteiger partial charge >= 0.3 is 0 Å². The van der Waals surface area contributed by atoms with Crippen molar-refractivity contribution in [1.82, 2.24) is 4.90 Å². The van der Waals surface area contributed by atoms with Crippen LogP contribution in [0.4, 0.5) is 10.1 Å². The van der Waals surface area contributed by atoms with E-state index in [0.717, 1.165) is 0 Å².